The third-order valence-corrected chi connectivity index (χ3v) is 4.37. The quantitative estimate of drug-likeness (QED) is 0.802. The van der Waals surface area contributed by atoms with Gasteiger partial charge in [0.1, 0.15) is 5.75 Å². The number of aryl methyl sites for hydroxylation is 1. The van der Waals surface area contributed by atoms with E-state index in [0.29, 0.717) is 5.75 Å². The fraction of sp³-hybridized carbons (Fsp3) is 0.500. The normalized spacial score (nSPS) is 15.2. The first-order valence-corrected chi connectivity index (χ1v) is 8.33. The summed E-state index contributed by atoms with van der Waals surface area (Å²) >= 11 is 3.39. The molecule has 0 saturated heterocycles. The third kappa shape index (κ3) is 5.02. The maximum absolute atomic E-state index is 11.9. The van der Waals surface area contributed by atoms with Crippen LogP contribution in [0.25, 0.3) is 0 Å². The van der Waals surface area contributed by atoms with Gasteiger partial charge in [0.2, 0.25) is 5.91 Å². The molecule has 1 fully saturated rings. The zero-order chi connectivity index (χ0) is 15.9. The lowest BCUT2D eigenvalue weighted by Crippen LogP contribution is -2.46. The fourth-order valence-corrected chi connectivity index (χ4v) is 3.11. The number of hydrogen-bond donors (Lipinski definition) is 2. The maximum atomic E-state index is 11.9. The average Bonchev–Trinajstić information content (AvgIpc) is 2.52. The topological polar surface area (TPSA) is 67.4 Å². The summed E-state index contributed by atoms with van der Waals surface area (Å²) in [5, 5.41) is 0. The van der Waals surface area contributed by atoms with Crippen molar-refractivity contribution in [2.24, 2.45) is 5.92 Å². The molecule has 0 bridgehead atoms. The predicted molar refractivity (Wildman–Crippen MR) is 87.2 cm³/mol. The second-order valence-electron chi connectivity index (χ2n) is 5.59. The molecule has 1 saturated carbocycles. The molecular weight excluding hydrogens is 348 g/mol. The Kier molecular flexibility index (Phi) is 6.24. The second kappa shape index (κ2) is 8.17. The molecule has 0 radical (unpaired) electrons. The van der Waals surface area contributed by atoms with Crippen LogP contribution in [0.5, 0.6) is 5.75 Å². The highest BCUT2D eigenvalue weighted by Gasteiger charge is 2.21. The van der Waals surface area contributed by atoms with E-state index in [2.05, 4.69) is 26.8 Å². The van der Waals surface area contributed by atoms with Crippen LogP contribution in [0.2, 0.25) is 0 Å². The molecule has 5 nitrogen and oxygen atoms in total. The number of hydrazine groups is 1. The Hall–Kier alpha value is -1.56. The Morgan fingerprint density at radius 2 is 1.95 bits per heavy atom. The van der Waals surface area contributed by atoms with Gasteiger partial charge in [-0.1, -0.05) is 25.3 Å². The van der Waals surface area contributed by atoms with Gasteiger partial charge in [0.15, 0.2) is 6.61 Å². The van der Waals surface area contributed by atoms with Gasteiger partial charge < -0.3 is 4.74 Å². The molecule has 6 heteroatoms. The van der Waals surface area contributed by atoms with E-state index in [0.717, 1.165) is 35.7 Å². The standard InChI is InChI=1S/C16H21BrN2O3/c1-11-7-8-14(13(17)9-11)22-10-15(20)18-19-16(21)12-5-3-2-4-6-12/h7-9,12H,2-6,10H2,1H3,(H,18,20)(H,19,21). The van der Waals surface area contributed by atoms with E-state index in [4.69, 9.17) is 4.74 Å². The smallest absolute Gasteiger partial charge is 0.276 e. The van der Waals surface area contributed by atoms with Gasteiger partial charge in [-0.3, -0.25) is 20.4 Å². The molecule has 0 atom stereocenters. The molecule has 1 aromatic rings. The highest BCUT2D eigenvalue weighted by atomic mass is 79.9. The second-order valence-corrected chi connectivity index (χ2v) is 6.45. The van der Waals surface area contributed by atoms with Crippen LogP contribution in [0.15, 0.2) is 22.7 Å². The maximum Gasteiger partial charge on any atom is 0.276 e. The largest absolute Gasteiger partial charge is 0.483 e. The van der Waals surface area contributed by atoms with Crippen LogP contribution in [0.4, 0.5) is 0 Å². The van der Waals surface area contributed by atoms with Crippen molar-refractivity contribution < 1.29 is 14.3 Å². The molecule has 0 spiro atoms. The molecule has 2 N–H and O–H groups in total. The summed E-state index contributed by atoms with van der Waals surface area (Å²) in [6, 6.07) is 5.62. The van der Waals surface area contributed by atoms with Crippen molar-refractivity contribution in [3.63, 3.8) is 0 Å². The molecule has 1 aromatic carbocycles. The third-order valence-electron chi connectivity index (χ3n) is 3.75. The van der Waals surface area contributed by atoms with Gasteiger partial charge in [0.25, 0.3) is 5.91 Å². The Bertz CT molecular complexity index is 542. The number of benzene rings is 1. The minimum absolute atomic E-state index is 0.0150. The lowest BCUT2D eigenvalue weighted by atomic mass is 9.89. The number of amides is 2. The minimum atomic E-state index is -0.378. The Labute approximate surface area is 138 Å². The summed E-state index contributed by atoms with van der Waals surface area (Å²) in [6.45, 7) is 1.83. The average molecular weight is 369 g/mol. The molecule has 1 aliphatic rings. The van der Waals surface area contributed by atoms with E-state index in [1.165, 1.54) is 6.42 Å². The lowest BCUT2D eigenvalue weighted by molar-refractivity contribution is -0.132. The molecule has 120 valence electrons. The van der Waals surface area contributed by atoms with Gasteiger partial charge in [0, 0.05) is 5.92 Å². The molecule has 2 rings (SSSR count). The van der Waals surface area contributed by atoms with Crippen molar-refractivity contribution in [3.05, 3.63) is 28.2 Å². The van der Waals surface area contributed by atoms with Crippen LogP contribution in [-0.4, -0.2) is 18.4 Å². The number of nitrogens with one attached hydrogen (secondary N) is 2. The highest BCUT2D eigenvalue weighted by molar-refractivity contribution is 9.10. The van der Waals surface area contributed by atoms with Crippen LogP contribution >= 0.6 is 15.9 Å². The summed E-state index contributed by atoms with van der Waals surface area (Å²) in [5.41, 5.74) is 5.98. The van der Waals surface area contributed by atoms with E-state index in [-0.39, 0.29) is 24.3 Å². The van der Waals surface area contributed by atoms with E-state index >= 15 is 0 Å². The number of hydrogen-bond acceptors (Lipinski definition) is 3. The van der Waals surface area contributed by atoms with E-state index in [1.54, 1.807) is 6.07 Å². The number of carbonyl (C=O) groups excluding carboxylic acids is 2. The van der Waals surface area contributed by atoms with Gasteiger partial charge in [-0.15, -0.1) is 0 Å². The SMILES string of the molecule is Cc1ccc(OCC(=O)NNC(=O)C2CCCCC2)c(Br)c1. The molecular formula is C16H21BrN2O3. The summed E-state index contributed by atoms with van der Waals surface area (Å²) < 4.78 is 6.22. The Morgan fingerprint density at radius 1 is 1.23 bits per heavy atom. The van der Waals surface area contributed by atoms with Gasteiger partial charge >= 0.3 is 0 Å². The van der Waals surface area contributed by atoms with E-state index in [1.807, 2.05) is 19.1 Å². The lowest BCUT2D eigenvalue weighted by Gasteiger charge is -2.20. The zero-order valence-corrected chi connectivity index (χ0v) is 14.2. The van der Waals surface area contributed by atoms with Crippen molar-refractivity contribution in [3.8, 4) is 5.75 Å². The van der Waals surface area contributed by atoms with Crippen LogP contribution in [0.3, 0.4) is 0 Å². The predicted octanol–water partition coefficient (Wildman–Crippen LogP) is 2.86. The minimum Gasteiger partial charge on any atom is -0.483 e. The molecule has 0 aliphatic heterocycles. The fourth-order valence-electron chi connectivity index (χ4n) is 2.50. The summed E-state index contributed by atoms with van der Waals surface area (Å²) in [4.78, 5) is 23.6. The number of rotatable bonds is 4. The van der Waals surface area contributed by atoms with Crippen molar-refractivity contribution >= 4 is 27.7 Å². The summed E-state index contributed by atoms with van der Waals surface area (Å²) in [6.07, 6.45) is 5.14. The van der Waals surface area contributed by atoms with Crippen LogP contribution < -0.4 is 15.6 Å². The van der Waals surface area contributed by atoms with Crippen LogP contribution in [0.1, 0.15) is 37.7 Å². The summed E-state index contributed by atoms with van der Waals surface area (Å²) in [5.74, 6) is 0.127. The first kappa shape index (κ1) is 16.8. The van der Waals surface area contributed by atoms with E-state index in [9.17, 15) is 9.59 Å². The van der Waals surface area contributed by atoms with Crippen LogP contribution in [-0.2, 0) is 9.59 Å². The van der Waals surface area contributed by atoms with Gasteiger partial charge in [-0.25, -0.2) is 0 Å². The zero-order valence-electron chi connectivity index (χ0n) is 12.7. The first-order valence-electron chi connectivity index (χ1n) is 7.54. The number of halogens is 1. The molecule has 0 unspecified atom stereocenters. The molecule has 22 heavy (non-hydrogen) atoms. The van der Waals surface area contributed by atoms with Gasteiger partial charge in [-0.2, -0.15) is 0 Å². The number of carbonyl (C=O) groups is 2. The van der Waals surface area contributed by atoms with Crippen molar-refractivity contribution in [1.82, 2.24) is 10.9 Å². The monoisotopic (exact) mass is 368 g/mol. The van der Waals surface area contributed by atoms with Crippen molar-refractivity contribution in [1.29, 1.82) is 0 Å². The molecule has 1 aliphatic carbocycles. The van der Waals surface area contributed by atoms with Crippen molar-refractivity contribution in [2.75, 3.05) is 6.61 Å². The van der Waals surface area contributed by atoms with Gasteiger partial charge in [-0.05, 0) is 53.4 Å². The summed E-state index contributed by atoms with van der Waals surface area (Å²) in [7, 11) is 0. The Morgan fingerprint density at radius 3 is 2.64 bits per heavy atom. The highest BCUT2D eigenvalue weighted by Crippen LogP contribution is 2.25. The van der Waals surface area contributed by atoms with Crippen LogP contribution in [0, 0.1) is 12.8 Å². The number of ether oxygens (including phenoxy) is 1. The molecule has 0 aromatic heterocycles. The Balaban J connectivity index is 1.72. The van der Waals surface area contributed by atoms with E-state index < -0.39 is 0 Å². The van der Waals surface area contributed by atoms with Crippen molar-refractivity contribution in [2.45, 2.75) is 39.0 Å². The van der Waals surface area contributed by atoms with Gasteiger partial charge in [0.05, 0.1) is 4.47 Å². The first-order chi connectivity index (χ1) is 10.6. The molecule has 0 heterocycles. The molecule has 2 amide bonds.